The normalized spacial score (nSPS) is 20.7. The van der Waals surface area contributed by atoms with Gasteiger partial charge >= 0.3 is 6.03 Å². The number of amides is 2. The molecule has 0 bridgehead atoms. The number of aromatic hydroxyl groups is 2. The fourth-order valence-electron chi connectivity index (χ4n) is 7.17. The smallest absolute Gasteiger partial charge is 0.319 e. The lowest BCUT2D eigenvalue weighted by Gasteiger charge is -2.22. The van der Waals surface area contributed by atoms with Crippen molar-refractivity contribution in [3.63, 3.8) is 0 Å². The number of hydrogen-bond donors (Lipinski definition) is 8. The quantitative estimate of drug-likeness (QED) is 0.0868. The first kappa shape index (κ1) is 39.4. The lowest BCUT2D eigenvalue weighted by molar-refractivity contribution is -0.0384. The number of imidazole rings is 1. The average molecular weight is 828 g/mol. The van der Waals surface area contributed by atoms with Gasteiger partial charge in [-0.05, 0) is 72.1 Å². The standard InChI is InChI=1S/C37H41N13O8S/c1-2-50-46-33(45-47-50)31-29(53)30(54)35(58-31)49-19-40-28-32(39-17-27(20-6-10-24(51)11-7-20)21-8-12-25(52)13-9-21)43-36(44-34(28)49)48-15-14-23(18-48)42-37(55)41-22-4-3-5-26(16-22)59(38,56)57/h3-13,16,19,23,27,29-31,35,51-54H,2,14-15,17-18H2,1H3,(H2,38,56,57)(H,39,43,44)(H2,41,42,55)/t23?,29?,30-,31+,35-/m1/s1. The molecule has 2 fully saturated rings. The highest BCUT2D eigenvalue weighted by Crippen LogP contribution is 2.39. The third-order valence-corrected chi connectivity index (χ3v) is 11.1. The minimum absolute atomic E-state index is 0.106. The number of carbonyl (C=O) groups excluding carboxylic acids is 1. The number of sulfonamides is 1. The van der Waals surface area contributed by atoms with Crippen LogP contribution in [0.2, 0.25) is 0 Å². The van der Waals surface area contributed by atoms with Crippen molar-refractivity contribution in [3.8, 4) is 11.5 Å². The fraction of sp³-hybridized carbons (Fsp3) is 0.324. The number of phenolic OH excluding ortho intramolecular Hbond substituents is 2. The highest BCUT2D eigenvalue weighted by atomic mass is 32.2. The first-order chi connectivity index (χ1) is 28.3. The number of rotatable bonds is 12. The Hall–Kier alpha value is -6.46. The van der Waals surface area contributed by atoms with E-state index in [1.807, 2.05) is 36.1 Å². The Balaban J connectivity index is 1.09. The predicted molar refractivity (Wildman–Crippen MR) is 211 cm³/mol. The van der Waals surface area contributed by atoms with Crippen LogP contribution in [0.15, 0.2) is 84.0 Å². The van der Waals surface area contributed by atoms with Crippen LogP contribution >= 0.6 is 0 Å². The summed E-state index contributed by atoms with van der Waals surface area (Å²) in [4.78, 5) is 30.5. The van der Waals surface area contributed by atoms with E-state index in [-0.39, 0.29) is 58.0 Å². The maximum absolute atomic E-state index is 13.0. The van der Waals surface area contributed by atoms with Crippen LogP contribution in [0.4, 0.5) is 22.2 Å². The number of nitrogens with one attached hydrogen (secondary N) is 3. The minimum Gasteiger partial charge on any atom is -0.508 e. The maximum atomic E-state index is 13.0. The number of primary sulfonamides is 1. The number of aliphatic hydroxyl groups is 2. The molecule has 0 spiro atoms. The number of aryl methyl sites for hydroxylation is 1. The number of aromatic nitrogens is 8. The average Bonchev–Trinajstić information content (AvgIpc) is 4.03. The number of carbonyl (C=O) groups is 1. The zero-order valence-electron chi connectivity index (χ0n) is 31.4. The molecule has 2 unspecified atom stereocenters. The summed E-state index contributed by atoms with van der Waals surface area (Å²) in [6, 6.07) is 18.3. The molecular weight excluding hydrogens is 787 g/mol. The van der Waals surface area contributed by atoms with Crippen molar-refractivity contribution in [1.82, 2.24) is 45.0 Å². The van der Waals surface area contributed by atoms with E-state index < -0.39 is 40.6 Å². The summed E-state index contributed by atoms with van der Waals surface area (Å²) in [5.74, 6) is 0.661. The topological polar surface area (TPSA) is 294 Å². The van der Waals surface area contributed by atoms with E-state index in [1.54, 1.807) is 30.3 Å². The number of anilines is 3. The molecule has 21 nitrogen and oxygen atoms in total. The number of ether oxygens (including phenoxy) is 1. The molecule has 2 aliphatic heterocycles. The Labute approximate surface area is 336 Å². The van der Waals surface area contributed by atoms with Gasteiger partial charge in [0.25, 0.3) is 0 Å². The minimum atomic E-state index is -3.97. The molecule has 9 N–H and O–H groups in total. The molecular formula is C37H41N13O8S. The van der Waals surface area contributed by atoms with Gasteiger partial charge in [0, 0.05) is 37.3 Å². The van der Waals surface area contributed by atoms with Gasteiger partial charge in [0.2, 0.25) is 21.8 Å². The van der Waals surface area contributed by atoms with E-state index in [0.717, 1.165) is 11.1 Å². The second-order valence-corrected chi connectivity index (χ2v) is 15.7. The highest BCUT2D eigenvalue weighted by Gasteiger charge is 2.47. The van der Waals surface area contributed by atoms with E-state index in [2.05, 4.69) is 36.3 Å². The monoisotopic (exact) mass is 827 g/mol. The van der Waals surface area contributed by atoms with Crippen molar-refractivity contribution in [1.29, 1.82) is 0 Å². The van der Waals surface area contributed by atoms with Crippen molar-refractivity contribution >= 4 is 44.7 Å². The Morgan fingerprint density at radius 1 is 1.00 bits per heavy atom. The molecule has 0 radical (unpaired) electrons. The molecule has 5 heterocycles. The SMILES string of the molecule is CCn1nnc([C@H]2O[C@@H](n3cnc4c(NCC(c5ccc(O)cc5)c5ccc(O)cc5)nc(N5CCC(NC(=O)Nc6cccc(S(N)(=O)=O)c6)C5)nc43)[C@H](O)C2O)n1. The van der Waals surface area contributed by atoms with Crippen LogP contribution in [0.3, 0.4) is 0 Å². The molecule has 3 aromatic heterocycles. The molecule has 308 valence electrons. The summed E-state index contributed by atoms with van der Waals surface area (Å²) >= 11 is 0. The van der Waals surface area contributed by atoms with E-state index in [4.69, 9.17) is 19.8 Å². The van der Waals surface area contributed by atoms with E-state index in [9.17, 15) is 33.6 Å². The number of benzene rings is 3. The van der Waals surface area contributed by atoms with Crippen LogP contribution in [0.25, 0.3) is 11.2 Å². The second-order valence-electron chi connectivity index (χ2n) is 14.2. The number of phenols is 2. The van der Waals surface area contributed by atoms with Crippen LogP contribution in [-0.2, 0) is 21.3 Å². The number of aliphatic hydroxyl groups excluding tert-OH is 2. The Bertz CT molecular complexity index is 2530. The number of nitrogens with two attached hydrogens (primary N) is 1. The Kier molecular flexibility index (Phi) is 10.7. The fourth-order valence-corrected chi connectivity index (χ4v) is 7.72. The van der Waals surface area contributed by atoms with Crippen molar-refractivity contribution in [3.05, 3.63) is 96.1 Å². The van der Waals surface area contributed by atoms with Crippen LogP contribution in [0.5, 0.6) is 11.5 Å². The second kappa shape index (κ2) is 16.1. The van der Waals surface area contributed by atoms with Gasteiger partial charge in [-0.25, -0.2) is 23.3 Å². The van der Waals surface area contributed by atoms with E-state index >= 15 is 0 Å². The Morgan fingerprint density at radius 2 is 1.71 bits per heavy atom. The molecule has 2 amide bonds. The zero-order valence-corrected chi connectivity index (χ0v) is 32.3. The summed E-state index contributed by atoms with van der Waals surface area (Å²) in [5.41, 5.74) is 2.60. The molecule has 6 aromatic rings. The van der Waals surface area contributed by atoms with Gasteiger partial charge in [-0.2, -0.15) is 14.8 Å². The number of nitrogens with zero attached hydrogens (tertiary/aromatic N) is 9. The molecule has 22 heteroatoms. The van der Waals surface area contributed by atoms with Gasteiger partial charge in [-0.15, -0.1) is 10.2 Å². The lowest BCUT2D eigenvalue weighted by Crippen LogP contribution is -2.40. The summed E-state index contributed by atoms with van der Waals surface area (Å²) in [5, 5.41) is 68.9. The number of fused-ring (bicyclic) bond motifs is 1. The molecule has 8 rings (SSSR count). The Morgan fingerprint density at radius 3 is 2.37 bits per heavy atom. The van der Waals surface area contributed by atoms with Crippen molar-refractivity contribution in [2.75, 3.05) is 35.2 Å². The number of hydrogen-bond acceptors (Lipinski definition) is 16. The van der Waals surface area contributed by atoms with Gasteiger partial charge in [0.1, 0.15) is 23.7 Å². The first-order valence-electron chi connectivity index (χ1n) is 18.7. The van der Waals surface area contributed by atoms with Gasteiger partial charge in [0.15, 0.2) is 29.3 Å². The molecule has 3 aromatic carbocycles. The summed E-state index contributed by atoms with van der Waals surface area (Å²) in [6.07, 6.45) is -3.13. The molecule has 5 atom stereocenters. The van der Waals surface area contributed by atoms with Crippen LogP contribution in [0, 0.1) is 0 Å². The maximum Gasteiger partial charge on any atom is 0.319 e. The third kappa shape index (κ3) is 8.29. The summed E-state index contributed by atoms with van der Waals surface area (Å²) < 4.78 is 31.3. The largest absolute Gasteiger partial charge is 0.508 e. The van der Waals surface area contributed by atoms with Gasteiger partial charge in [-0.1, -0.05) is 30.3 Å². The zero-order chi connectivity index (χ0) is 41.4. The van der Waals surface area contributed by atoms with Gasteiger partial charge in [-0.3, -0.25) is 4.57 Å². The lowest BCUT2D eigenvalue weighted by atomic mass is 9.91. The summed E-state index contributed by atoms with van der Waals surface area (Å²) in [6.45, 7) is 3.30. The predicted octanol–water partition coefficient (Wildman–Crippen LogP) is 1.53. The number of tetrazole rings is 1. The highest BCUT2D eigenvalue weighted by molar-refractivity contribution is 7.89. The van der Waals surface area contributed by atoms with Crippen molar-refractivity contribution in [2.45, 2.75) is 61.3 Å². The molecule has 0 aliphatic carbocycles. The molecule has 59 heavy (non-hydrogen) atoms. The third-order valence-electron chi connectivity index (χ3n) is 10.2. The molecule has 2 aliphatic rings. The van der Waals surface area contributed by atoms with Crippen molar-refractivity contribution in [2.24, 2.45) is 5.14 Å². The van der Waals surface area contributed by atoms with Crippen molar-refractivity contribution < 1.29 is 38.4 Å². The first-order valence-corrected chi connectivity index (χ1v) is 20.2. The van der Waals surface area contributed by atoms with Gasteiger partial charge in [0.05, 0.1) is 17.8 Å². The van der Waals surface area contributed by atoms with Gasteiger partial charge < -0.3 is 46.0 Å². The number of urea groups is 1. The van der Waals surface area contributed by atoms with Crippen LogP contribution < -0.4 is 26.0 Å². The van der Waals surface area contributed by atoms with E-state index in [0.29, 0.717) is 37.4 Å². The van der Waals surface area contributed by atoms with E-state index in [1.165, 1.54) is 33.9 Å². The van der Waals surface area contributed by atoms with Crippen LogP contribution in [0.1, 0.15) is 48.5 Å². The molecule has 0 saturated carbocycles. The van der Waals surface area contributed by atoms with Crippen LogP contribution in [-0.4, -0.2) is 112 Å². The summed E-state index contributed by atoms with van der Waals surface area (Å²) in [7, 11) is -3.97. The molecule has 2 saturated heterocycles.